The monoisotopic (exact) mass is 219 g/mol. The van der Waals surface area contributed by atoms with Crippen molar-refractivity contribution < 1.29 is 4.42 Å². The van der Waals surface area contributed by atoms with Gasteiger partial charge in [-0.05, 0) is 30.5 Å². The van der Waals surface area contributed by atoms with Gasteiger partial charge >= 0.3 is 0 Å². The Labute approximate surface area is 95.1 Å². The quantitative estimate of drug-likeness (QED) is 0.829. The molecule has 0 amide bonds. The summed E-state index contributed by atoms with van der Waals surface area (Å²) < 4.78 is 7.07. The lowest BCUT2D eigenvalue weighted by Crippen LogP contribution is -2.23. The fourth-order valence-corrected chi connectivity index (χ4v) is 1.76. The van der Waals surface area contributed by atoms with E-state index >= 15 is 0 Å². The summed E-state index contributed by atoms with van der Waals surface area (Å²) in [5, 5.41) is 4.12. The van der Waals surface area contributed by atoms with Gasteiger partial charge in [0.15, 0.2) is 0 Å². The summed E-state index contributed by atoms with van der Waals surface area (Å²) in [5.74, 6) is 1.00. The molecule has 0 radical (unpaired) electrons. The van der Waals surface area contributed by atoms with E-state index in [-0.39, 0.29) is 6.04 Å². The summed E-state index contributed by atoms with van der Waals surface area (Å²) in [5.41, 5.74) is 7.24. The Hall–Kier alpha value is -1.55. The summed E-state index contributed by atoms with van der Waals surface area (Å²) in [6.07, 6.45) is 8.27. The second-order valence-electron chi connectivity index (χ2n) is 4.10. The van der Waals surface area contributed by atoms with E-state index in [4.69, 9.17) is 10.2 Å². The van der Waals surface area contributed by atoms with Crippen LogP contribution in [0.25, 0.3) is 0 Å². The zero-order valence-corrected chi connectivity index (χ0v) is 9.47. The molecule has 2 aromatic rings. The number of hydrogen-bond acceptors (Lipinski definition) is 3. The zero-order chi connectivity index (χ0) is 11.4. The van der Waals surface area contributed by atoms with Gasteiger partial charge in [0.05, 0.1) is 12.5 Å². The van der Waals surface area contributed by atoms with E-state index in [0.717, 1.165) is 25.0 Å². The van der Waals surface area contributed by atoms with E-state index < -0.39 is 0 Å². The maximum Gasteiger partial charge on any atom is 0.103 e. The van der Waals surface area contributed by atoms with Crippen molar-refractivity contribution in [3.05, 3.63) is 42.1 Å². The Kier molecular flexibility index (Phi) is 3.41. The van der Waals surface area contributed by atoms with E-state index in [1.165, 1.54) is 5.56 Å². The first kappa shape index (κ1) is 11.0. The second kappa shape index (κ2) is 4.99. The fraction of sp³-hybridized carbons (Fsp3) is 0.417. The van der Waals surface area contributed by atoms with E-state index in [0.29, 0.717) is 0 Å². The molecule has 2 rings (SSSR count). The van der Waals surface area contributed by atoms with Crippen molar-refractivity contribution >= 4 is 0 Å². The molecule has 1 unspecified atom stereocenters. The van der Waals surface area contributed by atoms with E-state index in [2.05, 4.69) is 5.10 Å². The third-order valence-electron chi connectivity index (χ3n) is 2.60. The van der Waals surface area contributed by atoms with Crippen molar-refractivity contribution in [2.75, 3.05) is 0 Å². The van der Waals surface area contributed by atoms with Gasteiger partial charge in [0.25, 0.3) is 0 Å². The number of aromatic nitrogens is 2. The predicted molar refractivity (Wildman–Crippen MR) is 61.9 cm³/mol. The van der Waals surface area contributed by atoms with Gasteiger partial charge < -0.3 is 10.2 Å². The van der Waals surface area contributed by atoms with Crippen LogP contribution in [-0.4, -0.2) is 15.8 Å². The topological polar surface area (TPSA) is 57.0 Å². The number of hydrogen-bond donors (Lipinski definition) is 1. The lowest BCUT2D eigenvalue weighted by molar-refractivity contribution is 0.484. The molecule has 4 nitrogen and oxygen atoms in total. The number of aryl methyl sites for hydroxylation is 2. The summed E-state index contributed by atoms with van der Waals surface area (Å²) >= 11 is 0. The molecule has 16 heavy (non-hydrogen) atoms. The highest BCUT2D eigenvalue weighted by Crippen LogP contribution is 2.08. The van der Waals surface area contributed by atoms with Crippen LogP contribution in [0.2, 0.25) is 0 Å². The molecule has 4 heteroatoms. The van der Waals surface area contributed by atoms with Crippen LogP contribution in [0.15, 0.2) is 35.2 Å². The minimum absolute atomic E-state index is 0.161. The standard InChI is InChI=1S/C12H17N3O/c1-15-9-10(8-14-15)7-11(13)4-5-12-3-2-6-16-12/h2-3,6,8-9,11H,4-5,7,13H2,1H3. The minimum atomic E-state index is 0.161. The summed E-state index contributed by atoms with van der Waals surface area (Å²) in [4.78, 5) is 0. The highest BCUT2D eigenvalue weighted by Gasteiger charge is 2.07. The normalized spacial score (nSPS) is 12.9. The summed E-state index contributed by atoms with van der Waals surface area (Å²) in [6, 6.07) is 4.05. The van der Waals surface area contributed by atoms with Gasteiger partial charge in [-0.3, -0.25) is 4.68 Å². The molecule has 0 bridgehead atoms. The van der Waals surface area contributed by atoms with Crippen LogP contribution < -0.4 is 5.73 Å². The summed E-state index contributed by atoms with van der Waals surface area (Å²) in [6.45, 7) is 0. The molecular weight excluding hydrogens is 202 g/mol. The zero-order valence-electron chi connectivity index (χ0n) is 9.47. The lowest BCUT2D eigenvalue weighted by atomic mass is 10.0. The van der Waals surface area contributed by atoms with Crippen LogP contribution in [0.5, 0.6) is 0 Å². The number of nitrogens with zero attached hydrogens (tertiary/aromatic N) is 2. The minimum Gasteiger partial charge on any atom is -0.469 e. The maximum absolute atomic E-state index is 6.05. The Bertz CT molecular complexity index is 419. The number of rotatable bonds is 5. The van der Waals surface area contributed by atoms with Gasteiger partial charge in [0, 0.05) is 25.7 Å². The van der Waals surface area contributed by atoms with E-state index in [9.17, 15) is 0 Å². The molecule has 1 atom stereocenters. The third kappa shape index (κ3) is 2.97. The van der Waals surface area contributed by atoms with Crippen LogP contribution in [0, 0.1) is 0 Å². The number of nitrogens with two attached hydrogens (primary N) is 1. The van der Waals surface area contributed by atoms with Gasteiger partial charge in [-0.2, -0.15) is 5.10 Å². The third-order valence-corrected chi connectivity index (χ3v) is 2.60. The van der Waals surface area contributed by atoms with Gasteiger partial charge in [-0.25, -0.2) is 0 Å². The van der Waals surface area contributed by atoms with Crippen molar-refractivity contribution in [3.8, 4) is 0 Å². The van der Waals surface area contributed by atoms with Gasteiger partial charge in [-0.1, -0.05) is 0 Å². The maximum atomic E-state index is 6.05. The molecule has 2 heterocycles. The molecule has 0 aliphatic carbocycles. The summed E-state index contributed by atoms with van der Waals surface area (Å²) in [7, 11) is 1.91. The Morgan fingerprint density at radius 1 is 1.56 bits per heavy atom. The predicted octanol–water partition coefficient (Wildman–Crippen LogP) is 1.52. The highest BCUT2D eigenvalue weighted by atomic mass is 16.3. The Balaban J connectivity index is 1.78. The van der Waals surface area contributed by atoms with Crippen LogP contribution in [0.4, 0.5) is 0 Å². The average molecular weight is 219 g/mol. The van der Waals surface area contributed by atoms with Gasteiger partial charge in [0.2, 0.25) is 0 Å². The van der Waals surface area contributed by atoms with Crippen LogP contribution >= 0.6 is 0 Å². The van der Waals surface area contributed by atoms with E-state index in [1.807, 2.05) is 31.6 Å². The smallest absolute Gasteiger partial charge is 0.103 e. The molecule has 0 spiro atoms. The van der Waals surface area contributed by atoms with Crippen molar-refractivity contribution in [2.24, 2.45) is 12.8 Å². The molecule has 0 aliphatic heterocycles. The average Bonchev–Trinajstić information content (AvgIpc) is 2.87. The van der Waals surface area contributed by atoms with Crippen molar-refractivity contribution in [1.29, 1.82) is 0 Å². The molecule has 2 aromatic heterocycles. The van der Waals surface area contributed by atoms with Crippen molar-refractivity contribution in [3.63, 3.8) is 0 Å². The Morgan fingerprint density at radius 2 is 2.44 bits per heavy atom. The molecule has 0 aliphatic rings. The molecule has 0 aromatic carbocycles. The molecule has 86 valence electrons. The van der Waals surface area contributed by atoms with Crippen molar-refractivity contribution in [2.45, 2.75) is 25.3 Å². The molecule has 0 saturated heterocycles. The fourth-order valence-electron chi connectivity index (χ4n) is 1.76. The first-order valence-corrected chi connectivity index (χ1v) is 5.49. The molecule has 0 fully saturated rings. The van der Waals surface area contributed by atoms with Crippen LogP contribution in [0.1, 0.15) is 17.7 Å². The van der Waals surface area contributed by atoms with Gasteiger partial charge in [0.1, 0.15) is 5.76 Å². The molecule has 0 saturated carbocycles. The van der Waals surface area contributed by atoms with Crippen LogP contribution in [-0.2, 0) is 19.9 Å². The molecular formula is C12H17N3O. The van der Waals surface area contributed by atoms with Crippen LogP contribution in [0.3, 0.4) is 0 Å². The second-order valence-corrected chi connectivity index (χ2v) is 4.10. The first-order valence-electron chi connectivity index (χ1n) is 5.49. The largest absolute Gasteiger partial charge is 0.469 e. The SMILES string of the molecule is Cn1cc(CC(N)CCc2ccco2)cn1. The number of furan rings is 1. The molecule has 2 N–H and O–H groups in total. The van der Waals surface area contributed by atoms with Crippen molar-refractivity contribution in [1.82, 2.24) is 9.78 Å². The first-order chi connectivity index (χ1) is 7.74. The highest BCUT2D eigenvalue weighted by molar-refractivity contribution is 5.06. The Morgan fingerprint density at radius 3 is 3.06 bits per heavy atom. The lowest BCUT2D eigenvalue weighted by Gasteiger charge is -2.08. The van der Waals surface area contributed by atoms with E-state index in [1.54, 1.807) is 10.9 Å². The van der Waals surface area contributed by atoms with Gasteiger partial charge in [-0.15, -0.1) is 0 Å².